The molecule has 164 valence electrons. The molecule has 2 fully saturated rings. The SMILES string of the molecule is Cc1ccc2nc(N3C[C@@H](C)C[C@H](C)C3)c(/C=C3/SC(=S)N(C(C)C)C3=O)c(=O)n2c1. The molecular weight excluding hydrogens is 428 g/mol. The van der Waals surface area contributed by atoms with Crippen molar-refractivity contribution < 1.29 is 4.79 Å². The topological polar surface area (TPSA) is 57.9 Å². The van der Waals surface area contributed by atoms with Crippen LogP contribution >= 0.6 is 24.0 Å². The average Bonchev–Trinajstić information content (AvgIpc) is 2.96. The summed E-state index contributed by atoms with van der Waals surface area (Å²) in [7, 11) is 0. The van der Waals surface area contributed by atoms with Crippen molar-refractivity contribution in [1.29, 1.82) is 0 Å². The summed E-state index contributed by atoms with van der Waals surface area (Å²) in [6.07, 6.45) is 4.66. The van der Waals surface area contributed by atoms with Gasteiger partial charge < -0.3 is 4.90 Å². The highest BCUT2D eigenvalue weighted by molar-refractivity contribution is 8.26. The fourth-order valence-corrected chi connectivity index (χ4v) is 6.01. The van der Waals surface area contributed by atoms with Gasteiger partial charge in [-0.25, -0.2) is 4.98 Å². The molecule has 2 aromatic heterocycles. The number of pyridine rings is 1. The number of aryl methyl sites for hydroxylation is 1. The maximum Gasteiger partial charge on any atom is 0.267 e. The number of aromatic nitrogens is 2. The molecule has 0 bridgehead atoms. The quantitative estimate of drug-likeness (QED) is 0.512. The van der Waals surface area contributed by atoms with Gasteiger partial charge in [0, 0.05) is 25.3 Å². The number of fused-ring (bicyclic) bond motifs is 1. The van der Waals surface area contributed by atoms with Gasteiger partial charge in [0.15, 0.2) is 0 Å². The van der Waals surface area contributed by atoms with Gasteiger partial charge in [-0.15, -0.1) is 0 Å². The van der Waals surface area contributed by atoms with Crippen LogP contribution in [0.3, 0.4) is 0 Å². The summed E-state index contributed by atoms with van der Waals surface area (Å²) in [5, 5.41) is 0. The molecule has 0 unspecified atom stereocenters. The Morgan fingerprint density at radius 2 is 1.87 bits per heavy atom. The summed E-state index contributed by atoms with van der Waals surface area (Å²) in [4.78, 5) is 35.7. The summed E-state index contributed by atoms with van der Waals surface area (Å²) < 4.78 is 2.10. The molecule has 0 radical (unpaired) electrons. The Bertz CT molecular complexity index is 1140. The minimum Gasteiger partial charge on any atom is -0.355 e. The van der Waals surface area contributed by atoms with Crippen molar-refractivity contribution in [2.75, 3.05) is 18.0 Å². The molecule has 0 saturated carbocycles. The molecule has 2 aromatic rings. The zero-order valence-corrected chi connectivity index (χ0v) is 20.2. The van der Waals surface area contributed by atoms with Crippen LogP contribution < -0.4 is 10.5 Å². The summed E-state index contributed by atoms with van der Waals surface area (Å²) >= 11 is 6.67. The van der Waals surface area contributed by atoms with Crippen molar-refractivity contribution in [3.63, 3.8) is 0 Å². The molecule has 4 heterocycles. The number of thiocarbonyl (C=S) groups is 1. The normalized spacial score (nSPS) is 23.6. The van der Waals surface area contributed by atoms with Crippen molar-refractivity contribution in [3.05, 3.63) is 44.7 Å². The van der Waals surface area contributed by atoms with E-state index >= 15 is 0 Å². The van der Waals surface area contributed by atoms with Gasteiger partial charge in [0.2, 0.25) is 0 Å². The number of carbonyl (C=O) groups excluding carboxylic acids is 1. The average molecular weight is 457 g/mol. The van der Waals surface area contributed by atoms with E-state index in [2.05, 4.69) is 18.7 Å². The molecule has 0 aliphatic carbocycles. The largest absolute Gasteiger partial charge is 0.355 e. The Kier molecular flexibility index (Phi) is 5.96. The number of thioether (sulfide) groups is 1. The van der Waals surface area contributed by atoms with E-state index in [1.54, 1.807) is 21.6 Å². The number of nitrogens with zero attached hydrogens (tertiary/aromatic N) is 4. The Balaban J connectivity index is 1.90. The standard InChI is InChI=1S/C23H28N4O2S2/c1-13(2)27-22(29)18(31-23(27)30)9-17-20(25-10-15(4)8-16(5)11-25)24-19-7-6-14(3)12-26(19)21(17)28/h6-7,9,12-13,15-16H,8,10-11H2,1-5H3/b18-9+/t15-,16-/m0/s1. The zero-order valence-electron chi connectivity index (χ0n) is 18.6. The fourth-order valence-electron chi connectivity index (χ4n) is 4.51. The van der Waals surface area contributed by atoms with Crippen LogP contribution in [-0.2, 0) is 4.79 Å². The van der Waals surface area contributed by atoms with E-state index in [-0.39, 0.29) is 17.5 Å². The van der Waals surface area contributed by atoms with Gasteiger partial charge in [-0.1, -0.05) is 43.9 Å². The van der Waals surface area contributed by atoms with Gasteiger partial charge in [0.1, 0.15) is 15.8 Å². The number of piperidine rings is 1. The molecule has 2 atom stereocenters. The van der Waals surface area contributed by atoms with Crippen molar-refractivity contribution in [2.45, 2.75) is 47.1 Å². The molecule has 2 saturated heterocycles. The number of amides is 1. The molecule has 0 N–H and O–H groups in total. The highest BCUT2D eigenvalue weighted by Crippen LogP contribution is 2.35. The van der Waals surface area contributed by atoms with Crippen LogP contribution in [-0.4, -0.2) is 43.6 Å². The minimum atomic E-state index is -0.163. The first kappa shape index (κ1) is 22.0. The summed E-state index contributed by atoms with van der Waals surface area (Å²) in [5.74, 6) is 1.52. The molecule has 2 aliphatic rings. The Morgan fingerprint density at radius 1 is 1.19 bits per heavy atom. The highest BCUT2D eigenvalue weighted by Gasteiger charge is 2.35. The lowest BCUT2D eigenvalue weighted by atomic mass is 9.91. The summed E-state index contributed by atoms with van der Waals surface area (Å²) in [6.45, 7) is 12.0. The third-order valence-corrected chi connectivity index (χ3v) is 7.10. The highest BCUT2D eigenvalue weighted by atomic mass is 32.2. The van der Waals surface area contributed by atoms with Crippen LogP contribution in [0.2, 0.25) is 0 Å². The predicted molar refractivity (Wildman–Crippen MR) is 132 cm³/mol. The first-order valence-corrected chi connectivity index (χ1v) is 11.9. The smallest absolute Gasteiger partial charge is 0.267 e. The number of hydrogen-bond acceptors (Lipinski definition) is 6. The van der Waals surface area contributed by atoms with E-state index in [4.69, 9.17) is 17.2 Å². The zero-order chi connectivity index (χ0) is 22.4. The Labute approximate surface area is 192 Å². The van der Waals surface area contributed by atoms with Gasteiger partial charge in [-0.2, -0.15) is 0 Å². The molecule has 31 heavy (non-hydrogen) atoms. The van der Waals surface area contributed by atoms with Crippen LogP contribution in [0.5, 0.6) is 0 Å². The number of carbonyl (C=O) groups is 1. The maximum absolute atomic E-state index is 13.6. The van der Waals surface area contributed by atoms with E-state index in [1.165, 1.54) is 11.8 Å². The van der Waals surface area contributed by atoms with Gasteiger partial charge in [0.05, 0.1) is 10.5 Å². The summed E-state index contributed by atoms with van der Waals surface area (Å²) in [6, 6.07) is 3.81. The molecule has 8 heteroatoms. The molecule has 1 amide bonds. The van der Waals surface area contributed by atoms with Crippen LogP contribution in [0.1, 0.15) is 45.2 Å². The monoisotopic (exact) mass is 456 g/mol. The van der Waals surface area contributed by atoms with Gasteiger partial charge in [-0.05, 0) is 56.7 Å². The van der Waals surface area contributed by atoms with E-state index in [9.17, 15) is 9.59 Å². The van der Waals surface area contributed by atoms with Crippen molar-refractivity contribution >= 4 is 51.7 Å². The van der Waals surface area contributed by atoms with Crippen molar-refractivity contribution in [1.82, 2.24) is 14.3 Å². The number of rotatable bonds is 3. The van der Waals surface area contributed by atoms with E-state index < -0.39 is 0 Å². The van der Waals surface area contributed by atoms with Crippen molar-refractivity contribution in [2.24, 2.45) is 11.8 Å². The molecule has 2 aliphatic heterocycles. The van der Waals surface area contributed by atoms with E-state index in [1.807, 2.05) is 32.9 Å². The molecular formula is C23H28N4O2S2. The lowest BCUT2D eigenvalue weighted by Crippen LogP contribution is -2.40. The van der Waals surface area contributed by atoms with Gasteiger partial charge >= 0.3 is 0 Å². The lowest BCUT2D eigenvalue weighted by Gasteiger charge is -2.36. The van der Waals surface area contributed by atoms with Crippen LogP contribution in [0.4, 0.5) is 5.82 Å². The van der Waals surface area contributed by atoms with Crippen LogP contribution in [0.25, 0.3) is 11.7 Å². The fraction of sp³-hybridized carbons (Fsp3) is 0.478. The number of hydrogen-bond donors (Lipinski definition) is 0. The second kappa shape index (κ2) is 8.39. The molecule has 0 spiro atoms. The van der Waals surface area contributed by atoms with Crippen molar-refractivity contribution in [3.8, 4) is 0 Å². The third-order valence-electron chi connectivity index (χ3n) is 5.77. The lowest BCUT2D eigenvalue weighted by molar-refractivity contribution is -0.123. The Hall–Kier alpha value is -2.19. The Morgan fingerprint density at radius 3 is 2.48 bits per heavy atom. The van der Waals surface area contributed by atoms with Gasteiger partial charge in [0.25, 0.3) is 11.5 Å². The third kappa shape index (κ3) is 4.15. The van der Waals surface area contributed by atoms with E-state index in [0.29, 0.717) is 38.1 Å². The second-order valence-electron chi connectivity index (χ2n) is 9.09. The molecule has 0 aromatic carbocycles. The first-order valence-electron chi connectivity index (χ1n) is 10.7. The number of anilines is 1. The second-order valence-corrected chi connectivity index (χ2v) is 10.8. The van der Waals surface area contributed by atoms with Gasteiger partial charge in [-0.3, -0.25) is 18.9 Å². The molecule has 6 nitrogen and oxygen atoms in total. The molecule has 4 rings (SSSR count). The maximum atomic E-state index is 13.6. The summed E-state index contributed by atoms with van der Waals surface area (Å²) in [5.41, 5.74) is 1.88. The van der Waals surface area contributed by atoms with Crippen LogP contribution in [0, 0.1) is 18.8 Å². The van der Waals surface area contributed by atoms with E-state index in [0.717, 1.165) is 25.1 Å². The minimum absolute atomic E-state index is 0.0276. The van der Waals surface area contributed by atoms with Crippen LogP contribution in [0.15, 0.2) is 28.0 Å². The first-order chi connectivity index (χ1) is 14.7. The predicted octanol–water partition coefficient (Wildman–Crippen LogP) is 4.09.